The normalized spacial score (nSPS) is 16.8. The highest BCUT2D eigenvalue weighted by atomic mass is 32.2. The van der Waals surface area contributed by atoms with Gasteiger partial charge in [0.2, 0.25) is 15.9 Å². The molecule has 150 valence electrons. The molecule has 7 heteroatoms. The first-order valence-corrected chi connectivity index (χ1v) is 10.8. The number of carbonyl (C=O) groups excluding carboxylic acids is 1. The highest BCUT2D eigenvalue weighted by Crippen LogP contribution is 2.30. The zero-order valence-electron chi connectivity index (χ0n) is 16.8. The maximum Gasteiger partial charge on any atom is 0.243 e. The largest absolute Gasteiger partial charge is 0.359 e. The molecule has 0 radical (unpaired) electrons. The molecule has 0 aliphatic carbocycles. The highest BCUT2D eigenvalue weighted by Gasteiger charge is 2.25. The van der Waals surface area contributed by atoms with E-state index >= 15 is 0 Å². The number of hydrogen-bond donors (Lipinski definition) is 1. The van der Waals surface area contributed by atoms with Crippen LogP contribution >= 0.6 is 0 Å². The molecule has 28 heavy (non-hydrogen) atoms. The molecule has 1 amide bonds. The zero-order chi connectivity index (χ0) is 20.5. The maximum absolute atomic E-state index is 12.7. The molecule has 1 unspecified atom stereocenters. The van der Waals surface area contributed by atoms with Crippen LogP contribution < -0.4 is 10.2 Å². The summed E-state index contributed by atoms with van der Waals surface area (Å²) in [4.78, 5) is 15.0. The number of sulfonamides is 1. The van der Waals surface area contributed by atoms with Crippen molar-refractivity contribution in [2.24, 2.45) is 0 Å². The lowest BCUT2D eigenvalue weighted by Crippen LogP contribution is -2.42. The minimum atomic E-state index is -3.57. The first-order chi connectivity index (χ1) is 13.2. The van der Waals surface area contributed by atoms with E-state index in [-0.39, 0.29) is 23.4 Å². The summed E-state index contributed by atoms with van der Waals surface area (Å²) >= 11 is 0. The molecule has 0 fully saturated rings. The Bertz CT molecular complexity index is 986. The van der Waals surface area contributed by atoms with Crippen LogP contribution in [0.5, 0.6) is 0 Å². The van der Waals surface area contributed by atoms with Crippen LogP contribution in [0.1, 0.15) is 24.5 Å². The van der Waals surface area contributed by atoms with Crippen LogP contribution in [-0.4, -0.2) is 45.3 Å². The van der Waals surface area contributed by atoms with Crippen molar-refractivity contribution in [2.45, 2.75) is 37.6 Å². The summed E-state index contributed by atoms with van der Waals surface area (Å²) in [5.74, 6) is -0.166. The number of nitrogens with zero attached hydrogens (tertiary/aromatic N) is 2. The van der Waals surface area contributed by atoms with E-state index in [1.54, 1.807) is 19.1 Å². The van der Waals surface area contributed by atoms with Crippen LogP contribution in [-0.2, 0) is 21.2 Å². The molecule has 0 saturated carbocycles. The van der Waals surface area contributed by atoms with E-state index in [1.165, 1.54) is 30.0 Å². The number of para-hydroxylation sites is 1. The van der Waals surface area contributed by atoms with Gasteiger partial charge < -0.3 is 10.2 Å². The lowest BCUT2D eigenvalue weighted by atomic mass is 9.96. The van der Waals surface area contributed by atoms with E-state index in [1.807, 2.05) is 18.2 Å². The third-order valence-electron chi connectivity index (χ3n) is 5.21. The van der Waals surface area contributed by atoms with E-state index in [2.05, 4.69) is 23.2 Å². The van der Waals surface area contributed by atoms with E-state index < -0.39 is 10.0 Å². The van der Waals surface area contributed by atoms with Crippen LogP contribution in [0.3, 0.4) is 0 Å². The van der Waals surface area contributed by atoms with E-state index in [0.29, 0.717) is 11.3 Å². The third-order valence-corrected chi connectivity index (χ3v) is 7.17. The predicted octanol–water partition coefficient (Wildman–Crippen LogP) is 3.03. The van der Waals surface area contributed by atoms with Gasteiger partial charge in [-0.15, -0.1) is 0 Å². The number of nitrogens with one attached hydrogen (secondary N) is 1. The summed E-state index contributed by atoms with van der Waals surface area (Å²) in [7, 11) is -0.580. The maximum atomic E-state index is 12.7. The van der Waals surface area contributed by atoms with Crippen molar-refractivity contribution in [2.75, 3.05) is 30.9 Å². The Kier molecular flexibility index (Phi) is 5.76. The molecule has 2 aromatic rings. The lowest BCUT2D eigenvalue weighted by molar-refractivity contribution is -0.115. The molecular weight excluding hydrogens is 374 g/mol. The summed E-state index contributed by atoms with van der Waals surface area (Å²) in [6, 6.07) is 13.4. The third kappa shape index (κ3) is 4.05. The molecular formula is C21H27N3O3S. The molecule has 6 nitrogen and oxygen atoms in total. The fourth-order valence-corrected chi connectivity index (χ4v) is 4.65. The molecule has 0 spiro atoms. The summed E-state index contributed by atoms with van der Waals surface area (Å²) in [5, 5.41) is 2.86. The van der Waals surface area contributed by atoms with E-state index in [0.717, 1.165) is 18.5 Å². The number of amides is 1. The Morgan fingerprint density at radius 1 is 1.21 bits per heavy atom. The smallest absolute Gasteiger partial charge is 0.243 e. The Balaban J connectivity index is 1.79. The van der Waals surface area contributed by atoms with Crippen molar-refractivity contribution < 1.29 is 13.2 Å². The molecule has 1 atom stereocenters. The highest BCUT2D eigenvalue weighted by molar-refractivity contribution is 7.89. The van der Waals surface area contributed by atoms with Gasteiger partial charge in [0, 0.05) is 31.5 Å². The quantitative estimate of drug-likeness (QED) is 0.836. The number of hydrogen-bond acceptors (Lipinski definition) is 4. The van der Waals surface area contributed by atoms with Crippen LogP contribution in [0, 0.1) is 6.92 Å². The van der Waals surface area contributed by atoms with Crippen molar-refractivity contribution in [3.63, 3.8) is 0 Å². The standard InChI is InChI=1S/C21H27N3O3S/c1-15-9-12-18(13-20(15)28(26,27)23(3)4)22-21(25)14-24-16(2)10-11-17-7-5-6-8-19(17)24/h5-9,12-13,16H,10-11,14H2,1-4H3,(H,22,25). The number of anilines is 2. The average molecular weight is 402 g/mol. The van der Waals surface area contributed by atoms with Gasteiger partial charge >= 0.3 is 0 Å². The van der Waals surface area contributed by atoms with Crippen molar-refractivity contribution >= 4 is 27.3 Å². The molecule has 1 N–H and O–H groups in total. The fraction of sp³-hybridized carbons (Fsp3) is 0.381. The minimum absolute atomic E-state index is 0.166. The minimum Gasteiger partial charge on any atom is -0.359 e. The van der Waals surface area contributed by atoms with Crippen molar-refractivity contribution in [1.29, 1.82) is 0 Å². The number of rotatable bonds is 5. The van der Waals surface area contributed by atoms with Gasteiger partial charge in [0.15, 0.2) is 0 Å². The van der Waals surface area contributed by atoms with Gasteiger partial charge in [-0.25, -0.2) is 12.7 Å². The second-order valence-electron chi connectivity index (χ2n) is 7.46. The number of aryl methyl sites for hydroxylation is 2. The van der Waals surface area contributed by atoms with Crippen molar-refractivity contribution in [1.82, 2.24) is 4.31 Å². The van der Waals surface area contributed by atoms with Gasteiger partial charge in [-0.3, -0.25) is 4.79 Å². The molecule has 3 rings (SSSR count). The molecule has 0 aromatic heterocycles. The van der Waals surface area contributed by atoms with Gasteiger partial charge in [0.25, 0.3) is 0 Å². The van der Waals surface area contributed by atoms with Gasteiger partial charge in [-0.1, -0.05) is 24.3 Å². The Morgan fingerprint density at radius 2 is 1.93 bits per heavy atom. The molecule has 1 heterocycles. The summed E-state index contributed by atoms with van der Waals surface area (Å²) in [6.07, 6.45) is 2.01. The number of benzene rings is 2. The monoisotopic (exact) mass is 401 g/mol. The van der Waals surface area contributed by atoms with Crippen LogP contribution in [0.2, 0.25) is 0 Å². The molecule has 2 aromatic carbocycles. The summed E-state index contributed by atoms with van der Waals surface area (Å²) in [5.41, 5.74) is 3.47. The first kappa shape index (κ1) is 20.4. The zero-order valence-corrected chi connectivity index (χ0v) is 17.6. The van der Waals surface area contributed by atoms with Crippen LogP contribution in [0.15, 0.2) is 47.4 Å². The first-order valence-electron chi connectivity index (χ1n) is 9.37. The van der Waals surface area contributed by atoms with Crippen molar-refractivity contribution in [3.05, 3.63) is 53.6 Å². The fourth-order valence-electron chi connectivity index (χ4n) is 3.51. The second-order valence-corrected chi connectivity index (χ2v) is 9.58. The average Bonchev–Trinajstić information content (AvgIpc) is 2.65. The Labute approximate surface area is 167 Å². The molecule has 0 bridgehead atoms. The number of carbonyl (C=O) groups is 1. The molecule has 1 aliphatic heterocycles. The van der Waals surface area contributed by atoms with Crippen LogP contribution in [0.4, 0.5) is 11.4 Å². The number of fused-ring (bicyclic) bond motifs is 1. The second kappa shape index (κ2) is 7.93. The van der Waals surface area contributed by atoms with Gasteiger partial charge in [-0.05, 0) is 56.0 Å². The van der Waals surface area contributed by atoms with E-state index in [4.69, 9.17) is 0 Å². The van der Waals surface area contributed by atoms with E-state index in [9.17, 15) is 13.2 Å². The van der Waals surface area contributed by atoms with Crippen LogP contribution in [0.25, 0.3) is 0 Å². The SMILES string of the molecule is Cc1ccc(NC(=O)CN2c3ccccc3CCC2C)cc1S(=O)(=O)N(C)C. The molecule has 1 aliphatic rings. The Hall–Kier alpha value is -2.38. The van der Waals surface area contributed by atoms with Gasteiger partial charge in [-0.2, -0.15) is 0 Å². The topological polar surface area (TPSA) is 69.7 Å². The molecule has 0 saturated heterocycles. The Morgan fingerprint density at radius 3 is 2.64 bits per heavy atom. The van der Waals surface area contributed by atoms with Gasteiger partial charge in [0.1, 0.15) is 0 Å². The van der Waals surface area contributed by atoms with Gasteiger partial charge in [0.05, 0.1) is 11.4 Å². The summed E-state index contributed by atoms with van der Waals surface area (Å²) < 4.78 is 26.2. The predicted molar refractivity (Wildman–Crippen MR) is 112 cm³/mol. The lowest BCUT2D eigenvalue weighted by Gasteiger charge is -2.36. The summed E-state index contributed by atoms with van der Waals surface area (Å²) in [6.45, 7) is 4.09. The van der Waals surface area contributed by atoms with Crippen molar-refractivity contribution in [3.8, 4) is 0 Å².